The number of carbonyl (C=O) groups is 2. The molecular formula is C17H24Cl2N2O2. The minimum atomic E-state index is -0.550. The van der Waals surface area contributed by atoms with Gasteiger partial charge in [0.25, 0.3) is 0 Å². The lowest BCUT2D eigenvalue weighted by Crippen LogP contribution is -2.49. The Labute approximate surface area is 148 Å². The Bertz CT molecular complexity index is 562. The Morgan fingerprint density at radius 1 is 1.17 bits per heavy atom. The summed E-state index contributed by atoms with van der Waals surface area (Å²) in [7, 11) is 0. The highest BCUT2D eigenvalue weighted by Gasteiger charge is 2.26. The molecule has 0 aliphatic heterocycles. The third-order valence-corrected chi connectivity index (χ3v) is 4.14. The van der Waals surface area contributed by atoms with Crippen LogP contribution in [-0.4, -0.2) is 28.8 Å². The summed E-state index contributed by atoms with van der Waals surface area (Å²) >= 11 is 12.0. The molecule has 0 spiro atoms. The fraction of sp³-hybridized carbons (Fsp3) is 0.529. The van der Waals surface area contributed by atoms with Gasteiger partial charge < -0.3 is 10.2 Å². The van der Waals surface area contributed by atoms with E-state index in [-0.39, 0.29) is 17.9 Å². The van der Waals surface area contributed by atoms with Gasteiger partial charge in [-0.2, -0.15) is 0 Å². The van der Waals surface area contributed by atoms with Crippen LogP contribution in [0.3, 0.4) is 0 Å². The largest absolute Gasteiger partial charge is 0.352 e. The molecule has 0 saturated carbocycles. The second kappa shape index (κ2) is 9.14. The van der Waals surface area contributed by atoms with Crippen LogP contribution in [0.25, 0.3) is 0 Å². The molecule has 1 unspecified atom stereocenters. The van der Waals surface area contributed by atoms with E-state index < -0.39 is 6.04 Å². The molecule has 0 saturated heterocycles. The van der Waals surface area contributed by atoms with Crippen LogP contribution in [0.1, 0.15) is 46.1 Å². The highest BCUT2D eigenvalue weighted by atomic mass is 35.5. The normalized spacial score (nSPS) is 12.1. The maximum absolute atomic E-state index is 12.4. The second-order valence-electron chi connectivity index (χ2n) is 5.86. The van der Waals surface area contributed by atoms with Gasteiger partial charge in [-0.25, -0.2) is 0 Å². The predicted molar refractivity (Wildman–Crippen MR) is 94.7 cm³/mol. The molecule has 0 aliphatic rings. The van der Waals surface area contributed by atoms with E-state index in [9.17, 15) is 9.59 Å². The number of rotatable bonds is 7. The van der Waals surface area contributed by atoms with Gasteiger partial charge in [0.05, 0.1) is 10.0 Å². The fourth-order valence-corrected chi connectivity index (χ4v) is 2.50. The zero-order valence-corrected chi connectivity index (χ0v) is 15.5. The molecule has 0 heterocycles. The minimum absolute atomic E-state index is 0.0260. The van der Waals surface area contributed by atoms with E-state index in [0.29, 0.717) is 23.0 Å². The van der Waals surface area contributed by atoms with Crippen molar-refractivity contribution in [3.8, 4) is 0 Å². The average Bonchev–Trinajstić information content (AvgIpc) is 2.47. The molecule has 128 valence electrons. The van der Waals surface area contributed by atoms with Crippen LogP contribution in [-0.2, 0) is 16.1 Å². The number of nitrogens with one attached hydrogen (secondary N) is 1. The topological polar surface area (TPSA) is 49.4 Å². The fourth-order valence-electron chi connectivity index (χ4n) is 2.18. The number of halogens is 2. The maximum atomic E-state index is 12.4. The van der Waals surface area contributed by atoms with E-state index in [1.165, 1.54) is 0 Å². The summed E-state index contributed by atoms with van der Waals surface area (Å²) in [6.07, 6.45) is 1.13. The van der Waals surface area contributed by atoms with E-state index in [1.54, 1.807) is 24.0 Å². The Morgan fingerprint density at radius 2 is 1.83 bits per heavy atom. The molecule has 1 aromatic carbocycles. The molecule has 1 atom stereocenters. The predicted octanol–water partition coefficient (Wildman–Crippen LogP) is 4.04. The van der Waals surface area contributed by atoms with Gasteiger partial charge in [-0.1, -0.05) is 36.2 Å². The molecule has 1 N–H and O–H groups in total. The van der Waals surface area contributed by atoms with E-state index in [4.69, 9.17) is 23.2 Å². The van der Waals surface area contributed by atoms with Crippen molar-refractivity contribution in [2.45, 2.75) is 59.2 Å². The summed E-state index contributed by atoms with van der Waals surface area (Å²) in [5.74, 6) is -0.213. The number of hydrogen-bond donors (Lipinski definition) is 1. The maximum Gasteiger partial charge on any atom is 0.242 e. The number of carbonyl (C=O) groups excluding carboxylic acids is 2. The first-order valence-corrected chi connectivity index (χ1v) is 8.55. The van der Waals surface area contributed by atoms with Crippen molar-refractivity contribution in [3.05, 3.63) is 33.8 Å². The molecule has 6 heteroatoms. The van der Waals surface area contributed by atoms with Crippen LogP contribution in [0.5, 0.6) is 0 Å². The van der Waals surface area contributed by atoms with Crippen molar-refractivity contribution in [1.29, 1.82) is 0 Å². The number of hydrogen-bond acceptors (Lipinski definition) is 2. The second-order valence-corrected chi connectivity index (χ2v) is 6.67. The zero-order chi connectivity index (χ0) is 17.6. The first-order valence-electron chi connectivity index (χ1n) is 7.80. The van der Waals surface area contributed by atoms with Crippen molar-refractivity contribution in [2.24, 2.45) is 0 Å². The molecular weight excluding hydrogens is 335 g/mol. The van der Waals surface area contributed by atoms with Crippen LogP contribution in [0.2, 0.25) is 10.0 Å². The number of benzene rings is 1. The van der Waals surface area contributed by atoms with Crippen molar-refractivity contribution in [2.75, 3.05) is 0 Å². The Balaban J connectivity index is 2.97. The van der Waals surface area contributed by atoms with Gasteiger partial charge >= 0.3 is 0 Å². The van der Waals surface area contributed by atoms with Gasteiger partial charge in [-0.05, 0) is 44.9 Å². The molecule has 23 heavy (non-hydrogen) atoms. The molecule has 0 radical (unpaired) electrons. The number of amides is 2. The minimum Gasteiger partial charge on any atom is -0.352 e. The van der Waals surface area contributed by atoms with Gasteiger partial charge in [0.15, 0.2) is 0 Å². The monoisotopic (exact) mass is 358 g/mol. The smallest absolute Gasteiger partial charge is 0.242 e. The van der Waals surface area contributed by atoms with Crippen molar-refractivity contribution < 1.29 is 9.59 Å². The molecule has 0 aliphatic carbocycles. The molecule has 0 aromatic heterocycles. The molecule has 0 fully saturated rings. The summed E-state index contributed by atoms with van der Waals surface area (Å²) < 4.78 is 0. The Morgan fingerprint density at radius 3 is 2.35 bits per heavy atom. The first-order chi connectivity index (χ1) is 10.8. The van der Waals surface area contributed by atoms with E-state index in [2.05, 4.69) is 5.32 Å². The summed E-state index contributed by atoms with van der Waals surface area (Å²) in [6, 6.07) is 4.71. The average molecular weight is 359 g/mol. The molecule has 1 rings (SSSR count). The summed E-state index contributed by atoms with van der Waals surface area (Å²) in [5.41, 5.74) is 0.841. The van der Waals surface area contributed by atoms with Crippen LogP contribution >= 0.6 is 23.2 Å². The van der Waals surface area contributed by atoms with Crippen LogP contribution < -0.4 is 5.32 Å². The first kappa shape index (κ1) is 19.8. The Kier molecular flexibility index (Phi) is 7.86. The molecule has 1 aromatic rings. The van der Waals surface area contributed by atoms with Crippen molar-refractivity contribution >= 4 is 35.0 Å². The summed E-state index contributed by atoms with van der Waals surface area (Å²) in [4.78, 5) is 26.3. The van der Waals surface area contributed by atoms with Gasteiger partial charge in [0.1, 0.15) is 6.04 Å². The van der Waals surface area contributed by atoms with Crippen molar-refractivity contribution in [1.82, 2.24) is 10.2 Å². The van der Waals surface area contributed by atoms with Gasteiger partial charge in [0, 0.05) is 19.0 Å². The van der Waals surface area contributed by atoms with Crippen LogP contribution in [0.15, 0.2) is 18.2 Å². The van der Waals surface area contributed by atoms with E-state index >= 15 is 0 Å². The summed E-state index contributed by atoms with van der Waals surface area (Å²) in [5, 5.41) is 3.75. The van der Waals surface area contributed by atoms with Gasteiger partial charge in [0.2, 0.25) is 11.8 Å². The third kappa shape index (κ3) is 6.04. The lowest BCUT2D eigenvalue weighted by Gasteiger charge is -2.29. The lowest BCUT2D eigenvalue weighted by molar-refractivity contribution is -0.140. The highest BCUT2D eigenvalue weighted by Crippen LogP contribution is 2.24. The highest BCUT2D eigenvalue weighted by molar-refractivity contribution is 6.42. The quantitative estimate of drug-likeness (QED) is 0.799. The van der Waals surface area contributed by atoms with Gasteiger partial charge in [-0.15, -0.1) is 0 Å². The SMILES string of the molecule is CCCC(=O)N(Cc1ccc(Cl)c(Cl)c1)C(C)C(=O)NC(C)C. The summed E-state index contributed by atoms with van der Waals surface area (Å²) in [6.45, 7) is 7.78. The van der Waals surface area contributed by atoms with E-state index in [1.807, 2.05) is 26.8 Å². The van der Waals surface area contributed by atoms with Gasteiger partial charge in [-0.3, -0.25) is 9.59 Å². The molecule has 4 nitrogen and oxygen atoms in total. The zero-order valence-electron chi connectivity index (χ0n) is 14.0. The lowest BCUT2D eigenvalue weighted by atomic mass is 10.1. The third-order valence-electron chi connectivity index (χ3n) is 3.40. The van der Waals surface area contributed by atoms with Crippen LogP contribution in [0.4, 0.5) is 0 Å². The Hall–Kier alpha value is -1.26. The van der Waals surface area contributed by atoms with Crippen molar-refractivity contribution in [3.63, 3.8) is 0 Å². The molecule has 0 bridgehead atoms. The van der Waals surface area contributed by atoms with E-state index in [0.717, 1.165) is 12.0 Å². The number of nitrogens with zero attached hydrogens (tertiary/aromatic N) is 1. The van der Waals surface area contributed by atoms with Crippen LogP contribution in [0, 0.1) is 0 Å². The molecule has 2 amide bonds. The standard InChI is InChI=1S/C17H24Cl2N2O2/c1-5-6-16(22)21(12(4)17(23)20-11(2)3)10-13-7-8-14(18)15(19)9-13/h7-9,11-12H,5-6,10H2,1-4H3,(H,20,23).